The van der Waals surface area contributed by atoms with Crippen LogP contribution in [0.3, 0.4) is 0 Å². The second-order valence-electron chi connectivity index (χ2n) is 10.8. The van der Waals surface area contributed by atoms with Crippen molar-refractivity contribution in [3.63, 3.8) is 0 Å². The first-order valence-electron chi connectivity index (χ1n) is 13.0. The lowest BCUT2D eigenvalue weighted by molar-refractivity contribution is -0.139. The number of aliphatic carboxylic acids is 1. The number of thiophene rings is 1. The minimum absolute atomic E-state index is 0.0721. The molecule has 1 saturated carbocycles. The highest BCUT2D eigenvalue weighted by Crippen LogP contribution is 2.30. The number of carbonyl (C=O) groups excluding carboxylic acids is 1. The van der Waals surface area contributed by atoms with E-state index in [4.69, 9.17) is 4.74 Å². The molecule has 39 heavy (non-hydrogen) atoms. The number of nitrogens with zero attached hydrogens (tertiary/aromatic N) is 2. The van der Waals surface area contributed by atoms with Crippen LogP contribution in [0.4, 0.5) is 0 Å². The molecule has 8 heteroatoms. The summed E-state index contributed by atoms with van der Waals surface area (Å²) in [7, 11) is 0. The fourth-order valence-electron chi connectivity index (χ4n) is 4.05. The molecule has 1 aliphatic carbocycles. The van der Waals surface area contributed by atoms with E-state index in [1.54, 1.807) is 18.5 Å². The van der Waals surface area contributed by atoms with E-state index in [2.05, 4.69) is 36.1 Å². The lowest BCUT2D eigenvalue weighted by Crippen LogP contribution is -2.42. The van der Waals surface area contributed by atoms with Crippen molar-refractivity contribution in [3.8, 4) is 28.3 Å². The van der Waals surface area contributed by atoms with Crippen LogP contribution in [-0.4, -0.2) is 39.1 Å². The first-order chi connectivity index (χ1) is 18.7. The number of hydrogen-bond acceptors (Lipinski definition) is 6. The largest absolute Gasteiger partial charge is 0.490 e. The van der Waals surface area contributed by atoms with Gasteiger partial charge in [0, 0.05) is 34.8 Å². The van der Waals surface area contributed by atoms with Crippen LogP contribution in [0.25, 0.3) is 22.5 Å². The summed E-state index contributed by atoms with van der Waals surface area (Å²) < 4.78 is 5.81. The normalized spacial score (nSPS) is 14.0. The molecule has 0 bridgehead atoms. The van der Waals surface area contributed by atoms with Crippen LogP contribution >= 0.6 is 11.3 Å². The molecule has 2 aromatic carbocycles. The number of hydrogen-bond donors (Lipinski definition) is 2. The molecule has 1 unspecified atom stereocenters. The average Bonchev–Trinajstić information content (AvgIpc) is 3.58. The molecule has 0 aliphatic heterocycles. The standard InChI is InChI=1S/C31H31N3O4S/c1-31(2,3)27-15-14-26(39-27)29(35)34-25(30(36)37)16-19-4-6-21(7-5-19)28-32-17-22(18-33-28)20-8-10-23(11-9-20)38-24-12-13-24/h4-11,14-15,17-18,24-25H,12-13,16H2,1-3H3,(H,34,35)(H,36,37). The molecule has 5 rings (SSSR count). The summed E-state index contributed by atoms with van der Waals surface area (Å²) in [5.74, 6) is 0.00312. The molecule has 2 aromatic heterocycles. The maximum Gasteiger partial charge on any atom is 0.326 e. The Morgan fingerprint density at radius 2 is 1.59 bits per heavy atom. The summed E-state index contributed by atoms with van der Waals surface area (Å²) in [5.41, 5.74) is 3.46. The molecule has 1 fully saturated rings. The average molecular weight is 542 g/mol. The highest BCUT2D eigenvalue weighted by Gasteiger charge is 2.24. The topological polar surface area (TPSA) is 101 Å². The van der Waals surface area contributed by atoms with E-state index in [1.807, 2.05) is 54.6 Å². The molecule has 2 N–H and O–H groups in total. The monoisotopic (exact) mass is 541 g/mol. The summed E-state index contributed by atoms with van der Waals surface area (Å²) in [6.07, 6.45) is 6.37. The Morgan fingerprint density at radius 3 is 2.15 bits per heavy atom. The number of carboxylic acid groups (broad SMARTS) is 1. The van der Waals surface area contributed by atoms with E-state index >= 15 is 0 Å². The number of rotatable bonds is 9. The summed E-state index contributed by atoms with van der Waals surface area (Å²) >= 11 is 1.39. The van der Waals surface area contributed by atoms with Gasteiger partial charge in [-0.25, -0.2) is 14.8 Å². The van der Waals surface area contributed by atoms with Gasteiger partial charge in [0.15, 0.2) is 5.82 Å². The van der Waals surface area contributed by atoms with Crippen molar-refractivity contribution in [1.82, 2.24) is 15.3 Å². The third-order valence-corrected chi connectivity index (χ3v) is 8.00. The third kappa shape index (κ3) is 6.70. The van der Waals surface area contributed by atoms with Gasteiger partial charge in [-0.1, -0.05) is 57.2 Å². The van der Waals surface area contributed by atoms with Gasteiger partial charge >= 0.3 is 5.97 Å². The van der Waals surface area contributed by atoms with E-state index in [0.29, 0.717) is 16.8 Å². The second-order valence-corrected chi connectivity index (χ2v) is 11.9. The zero-order valence-electron chi connectivity index (χ0n) is 22.2. The fourth-order valence-corrected chi connectivity index (χ4v) is 5.02. The minimum Gasteiger partial charge on any atom is -0.490 e. The van der Waals surface area contributed by atoms with E-state index in [0.717, 1.165) is 45.7 Å². The first kappa shape index (κ1) is 26.6. The lowest BCUT2D eigenvalue weighted by atomic mass is 9.95. The predicted molar refractivity (Wildman–Crippen MR) is 152 cm³/mol. The summed E-state index contributed by atoms with van der Waals surface area (Å²) in [4.78, 5) is 35.3. The van der Waals surface area contributed by atoms with Gasteiger partial charge in [0.2, 0.25) is 0 Å². The maximum atomic E-state index is 12.7. The Bertz CT molecular complexity index is 1450. The molecular weight excluding hydrogens is 510 g/mol. The molecule has 1 amide bonds. The van der Waals surface area contributed by atoms with Crippen molar-refractivity contribution in [1.29, 1.82) is 0 Å². The molecule has 1 atom stereocenters. The second kappa shape index (κ2) is 11.0. The van der Waals surface area contributed by atoms with Crippen LogP contribution in [-0.2, 0) is 16.6 Å². The van der Waals surface area contributed by atoms with Crippen molar-refractivity contribution in [2.24, 2.45) is 0 Å². The Labute approximate surface area is 231 Å². The van der Waals surface area contributed by atoms with Crippen molar-refractivity contribution >= 4 is 23.2 Å². The lowest BCUT2D eigenvalue weighted by Gasteiger charge is -2.16. The van der Waals surface area contributed by atoms with Gasteiger partial charge in [0.1, 0.15) is 11.8 Å². The van der Waals surface area contributed by atoms with Crippen LogP contribution in [0.15, 0.2) is 73.1 Å². The van der Waals surface area contributed by atoms with Crippen molar-refractivity contribution in [3.05, 3.63) is 88.4 Å². The number of nitrogens with one attached hydrogen (secondary N) is 1. The highest BCUT2D eigenvalue weighted by atomic mass is 32.1. The smallest absolute Gasteiger partial charge is 0.326 e. The number of benzene rings is 2. The zero-order valence-corrected chi connectivity index (χ0v) is 23.0. The summed E-state index contributed by atoms with van der Waals surface area (Å²) in [6.45, 7) is 6.23. The van der Waals surface area contributed by atoms with Crippen LogP contribution in [0.1, 0.15) is 53.7 Å². The van der Waals surface area contributed by atoms with Crippen LogP contribution in [0, 0.1) is 0 Å². The van der Waals surface area contributed by atoms with Gasteiger partial charge in [-0.2, -0.15) is 0 Å². The van der Waals surface area contributed by atoms with Gasteiger partial charge in [0.05, 0.1) is 11.0 Å². The molecule has 0 radical (unpaired) electrons. The van der Waals surface area contributed by atoms with Crippen molar-refractivity contribution < 1.29 is 19.4 Å². The number of aromatic nitrogens is 2. The summed E-state index contributed by atoms with van der Waals surface area (Å²) in [5, 5.41) is 12.4. The molecule has 0 saturated heterocycles. The first-order valence-corrected chi connectivity index (χ1v) is 13.8. The number of carboxylic acids is 1. The minimum atomic E-state index is -1.08. The highest BCUT2D eigenvalue weighted by molar-refractivity contribution is 7.14. The van der Waals surface area contributed by atoms with Crippen LogP contribution in [0.5, 0.6) is 5.75 Å². The fraction of sp³-hybridized carbons (Fsp3) is 0.290. The molecule has 2 heterocycles. The van der Waals surface area contributed by atoms with E-state index < -0.39 is 12.0 Å². The molecule has 0 spiro atoms. The van der Waals surface area contributed by atoms with Crippen molar-refractivity contribution in [2.45, 2.75) is 57.6 Å². The molecule has 7 nitrogen and oxygen atoms in total. The Morgan fingerprint density at radius 1 is 0.949 bits per heavy atom. The van der Waals surface area contributed by atoms with E-state index in [-0.39, 0.29) is 17.7 Å². The molecule has 4 aromatic rings. The third-order valence-electron chi connectivity index (χ3n) is 6.49. The summed E-state index contributed by atoms with van der Waals surface area (Å²) in [6, 6.07) is 18.0. The number of carbonyl (C=O) groups is 2. The number of ether oxygens (including phenoxy) is 1. The maximum absolute atomic E-state index is 12.7. The van der Waals surface area contributed by atoms with Gasteiger partial charge in [-0.15, -0.1) is 11.3 Å². The zero-order chi connectivity index (χ0) is 27.6. The molecule has 1 aliphatic rings. The Kier molecular flexibility index (Phi) is 7.48. The van der Waals surface area contributed by atoms with Gasteiger partial charge in [-0.05, 0) is 53.6 Å². The van der Waals surface area contributed by atoms with Crippen LogP contribution in [0.2, 0.25) is 0 Å². The quantitative estimate of drug-likeness (QED) is 0.264. The SMILES string of the molecule is CC(C)(C)c1ccc(C(=O)NC(Cc2ccc(-c3ncc(-c4ccc(OC5CC5)cc4)cn3)cc2)C(=O)O)s1. The van der Waals surface area contributed by atoms with Gasteiger partial charge in [0.25, 0.3) is 5.91 Å². The Balaban J connectivity index is 1.21. The Hall–Kier alpha value is -4.04. The van der Waals surface area contributed by atoms with E-state index in [9.17, 15) is 14.7 Å². The van der Waals surface area contributed by atoms with Crippen LogP contribution < -0.4 is 10.1 Å². The van der Waals surface area contributed by atoms with Crippen molar-refractivity contribution in [2.75, 3.05) is 0 Å². The van der Waals surface area contributed by atoms with Gasteiger partial charge in [-0.3, -0.25) is 4.79 Å². The number of amides is 1. The van der Waals surface area contributed by atoms with Gasteiger partial charge < -0.3 is 15.2 Å². The predicted octanol–water partition coefficient (Wildman–Crippen LogP) is 6.14. The molecular formula is C31H31N3O4S. The van der Waals surface area contributed by atoms with E-state index in [1.165, 1.54) is 11.3 Å². The molecule has 200 valence electrons.